The molecule has 1 saturated heterocycles. The van der Waals surface area contributed by atoms with Crippen molar-refractivity contribution in [1.82, 2.24) is 0 Å². The Bertz CT molecular complexity index is 926. The van der Waals surface area contributed by atoms with Crippen LogP contribution in [0.2, 0.25) is 5.02 Å². The summed E-state index contributed by atoms with van der Waals surface area (Å²) in [6.45, 7) is 0. The minimum Gasteiger partial charge on any atom is -0.497 e. The van der Waals surface area contributed by atoms with E-state index in [0.29, 0.717) is 10.8 Å². The number of methoxy groups -OCH3 is 1. The molecule has 1 fully saturated rings. The standard InChI is InChI=1S/C22H18ClNO3/c1-26-18-13-11-17(12-14-18)24-20(15-7-9-16(23)10-8-15)21(22(24)25)27-19-5-3-2-4-6-19/h2-14,20-21H,1H3/t20-,21+/m1/s1. The maximum atomic E-state index is 12.9. The van der Waals surface area contributed by atoms with Gasteiger partial charge in [0, 0.05) is 10.7 Å². The van der Waals surface area contributed by atoms with Crippen LogP contribution in [0.25, 0.3) is 0 Å². The van der Waals surface area contributed by atoms with Crippen LogP contribution < -0.4 is 14.4 Å². The molecule has 0 aliphatic carbocycles. The van der Waals surface area contributed by atoms with E-state index in [4.69, 9.17) is 21.1 Å². The number of nitrogens with zero attached hydrogens (tertiary/aromatic N) is 1. The van der Waals surface area contributed by atoms with E-state index in [-0.39, 0.29) is 11.9 Å². The van der Waals surface area contributed by atoms with E-state index in [1.165, 1.54) is 0 Å². The van der Waals surface area contributed by atoms with Gasteiger partial charge in [0.25, 0.3) is 5.91 Å². The number of carbonyl (C=O) groups excluding carboxylic acids is 1. The van der Waals surface area contributed by atoms with Crippen LogP contribution in [0, 0.1) is 0 Å². The average Bonchev–Trinajstić information content (AvgIpc) is 2.72. The highest BCUT2D eigenvalue weighted by atomic mass is 35.5. The van der Waals surface area contributed by atoms with Gasteiger partial charge in [0.1, 0.15) is 17.5 Å². The van der Waals surface area contributed by atoms with Crippen molar-refractivity contribution in [2.75, 3.05) is 12.0 Å². The van der Waals surface area contributed by atoms with Crippen molar-refractivity contribution in [3.05, 3.63) is 89.4 Å². The van der Waals surface area contributed by atoms with Gasteiger partial charge in [0.15, 0.2) is 0 Å². The number of benzene rings is 3. The number of halogens is 1. The number of amides is 1. The zero-order valence-corrected chi connectivity index (χ0v) is 15.5. The summed E-state index contributed by atoms with van der Waals surface area (Å²) in [6, 6.07) is 24.1. The summed E-state index contributed by atoms with van der Waals surface area (Å²) < 4.78 is 11.2. The first-order valence-corrected chi connectivity index (χ1v) is 8.99. The van der Waals surface area contributed by atoms with Crippen LogP contribution in [0.3, 0.4) is 0 Å². The molecule has 0 spiro atoms. The van der Waals surface area contributed by atoms with E-state index in [0.717, 1.165) is 17.0 Å². The van der Waals surface area contributed by atoms with Crippen LogP contribution in [0.4, 0.5) is 5.69 Å². The molecule has 3 aromatic carbocycles. The maximum absolute atomic E-state index is 12.9. The van der Waals surface area contributed by atoms with Crippen LogP contribution in [0.15, 0.2) is 78.9 Å². The number of para-hydroxylation sites is 1. The Kier molecular flexibility index (Phi) is 4.73. The smallest absolute Gasteiger partial charge is 0.271 e. The minimum absolute atomic E-state index is 0.0797. The molecule has 0 N–H and O–H groups in total. The summed E-state index contributed by atoms with van der Waals surface area (Å²) in [7, 11) is 1.62. The highest BCUT2D eigenvalue weighted by Gasteiger charge is 2.51. The normalized spacial score (nSPS) is 18.7. The third kappa shape index (κ3) is 3.36. The number of rotatable bonds is 5. The van der Waals surface area contributed by atoms with Gasteiger partial charge < -0.3 is 9.47 Å². The molecular weight excluding hydrogens is 362 g/mol. The van der Waals surface area contributed by atoms with Gasteiger partial charge in [-0.25, -0.2) is 0 Å². The molecule has 3 aromatic rings. The summed E-state index contributed by atoms with van der Waals surface area (Å²) >= 11 is 6.03. The molecule has 4 rings (SSSR count). The molecule has 1 heterocycles. The fourth-order valence-electron chi connectivity index (χ4n) is 3.24. The van der Waals surface area contributed by atoms with Crippen molar-refractivity contribution in [2.24, 2.45) is 0 Å². The number of carbonyl (C=O) groups is 1. The molecular formula is C22H18ClNO3. The third-order valence-corrected chi connectivity index (χ3v) is 4.87. The summed E-state index contributed by atoms with van der Waals surface area (Å²) in [5.41, 5.74) is 1.77. The molecule has 1 aliphatic heterocycles. The molecule has 0 unspecified atom stereocenters. The lowest BCUT2D eigenvalue weighted by atomic mass is 9.89. The monoisotopic (exact) mass is 379 g/mol. The minimum atomic E-state index is -0.587. The fourth-order valence-corrected chi connectivity index (χ4v) is 3.36. The SMILES string of the molecule is COc1ccc(N2C(=O)[C@@H](Oc3ccccc3)[C@H]2c2ccc(Cl)cc2)cc1. The lowest BCUT2D eigenvalue weighted by Crippen LogP contribution is -2.61. The Morgan fingerprint density at radius 1 is 0.852 bits per heavy atom. The van der Waals surface area contributed by atoms with Gasteiger partial charge in [-0.2, -0.15) is 0 Å². The summed E-state index contributed by atoms with van der Waals surface area (Å²) in [6.07, 6.45) is -0.587. The second-order valence-corrected chi connectivity index (χ2v) is 6.69. The average molecular weight is 380 g/mol. The van der Waals surface area contributed by atoms with Gasteiger partial charge in [-0.1, -0.05) is 41.9 Å². The molecule has 4 nitrogen and oxygen atoms in total. The van der Waals surface area contributed by atoms with Crippen LogP contribution >= 0.6 is 11.6 Å². The Morgan fingerprint density at radius 3 is 2.15 bits per heavy atom. The zero-order valence-electron chi connectivity index (χ0n) is 14.7. The van der Waals surface area contributed by atoms with E-state index < -0.39 is 6.10 Å². The van der Waals surface area contributed by atoms with E-state index >= 15 is 0 Å². The number of β-lactam (4-membered cyclic amide) rings is 1. The zero-order chi connectivity index (χ0) is 18.8. The molecule has 27 heavy (non-hydrogen) atoms. The van der Waals surface area contributed by atoms with Gasteiger partial charge in [0.2, 0.25) is 6.10 Å². The molecule has 0 radical (unpaired) electrons. The van der Waals surface area contributed by atoms with Gasteiger partial charge in [0.05, 0.1) is 7.11 Å². The van der Waals surface area contributed by atoms with Gasteiger partial charge in [-0.15, -0.1) is 0 Å². The number of hydrogen-bond donors (Lipinski definition) is 0. The van der Waals surface area contributed by atoms with Crippen LogP contribution in [-0.2, 0) is 4.79 Å². The van der Waals surface area contributed by atoms with E-state index in [2.05, 4.69) is 0 Å². The molecule has 0 aromatic heterocycles. The Labute approximate surface area is 162 Å². The van der Waals surface area contributed by atoms with Gasteiger partial charge >= 0.3 is 0 Å². The summed E-state index contributed by atoms with van der Waals surface area (Å²) in [5.74, 6) is 1.33. The second kappa shape index (κ2) is 7.33. The lowest BCUT2D eigenvalue weighted by Gasteiger charge is -2.46. The predicted molar refractivity (Wildman–Crippen MR) is 106 cm³/mol. The highest BCUT2D eigenvalue weighted by Crippen LogP contribution is 2.41. The van der Waals surface area contributed by atoms with Crippen LogP contribution in [0.5, 0.6) is 11.5 Å². The first-order chi connectivity index (χ1) is 13.2. The Balaban J connectivity index is 1.67. The molecule has 136 valence electrons. The summed E-state index contributed by atoms with van der Waals surface area (Å²) in [4.78, 5) is 14.7. The predicted octanol–water partition coefficient (Wildman–Crippen LogP) is 4.88. The molecule has 1 aliphatic rings. The molecule has 0 bridgehead atoms. The Morgan fingerprint density at radius 2 is 1.52 bits per heavy atom. The van der Waals surface area contributed by atoms with Crippen molar-refractivity contribution in [3.8, 4) is 11.5 Å². The van der Waals surface area contributed by atoms with Gasteiger partial charge in [-0.05, 0) is 54.1 Å². The van der Waals surface area contributed by atoms with Gasteiger partial charge in [-0.3, -0.25) is 9.69 Å². The lowest BCUT2D eigenvalue weighted by molar-refractivity contribution is -0.135. The van der Waals surface area contributed by atoms with Crippen molar-refractivity contribution in [2.45, 2.75) is 12.1 Å². The van der Waals surface area contributed by atoms with Crippen LogP contribution in [-0.4, -0.2) is 19.1 Å². The van der Waals surface area contributed by atoms with Crippen LogP contribution in [0.1, 0.15) is 11.6 Å². The highest BCUT2D eigenvalue weighted by molar-refractivity contribution is 6.30. The van der Waals surface area contributed by atoms with E-state index in [1.807, 2.05) is 78.9 Å². The molecule has 1 amide bonds. The first-order valence-electron chi connectivity index (χ1n) is 8.61. The van der Waals surface area contributed by atoms with Crippen molar-refractivity contribution in [1.29, 1.82) is 0 Å². The van der Waals surface area contributed by atoms with E-state index in [1.54, 1.807) is 12.0 Å². The third-order valence-electron chi connectivity index (χ3n) is 4.61. The quantitative estimate of drug-likeness (QED) is 0.593. The molecule has 0 saturated carbocycles. The van der Waals surface area contributed by atoms with E-state index in [9.17, 15) is 4.79 Å². The maximum Gasteiger partial charge on any atom is 0.271 e. The fraction of sp³-hybridized carbons (Fsp3) is 0.136. The van der Waals surface area contributed by atoms with Crippen molar-refractivity contribution < 1.29 is 14.3 Å². The van der Waals surface area contributed by atoms with Crippen molar-refractivity contribution in [3.63, 3.8) is 0 Å². The topological polar surface area (TPSA) is 38.8 Å². The molecule has 2 atom stereocenters. The molecule has 5 heteroatoms. The number of ether oxygens (including phenoxy) is 2. The number of anilines is 1. The largest absolute Gasteiger partial charge is 0.497 e. The number of hydrogen-bond acceptors (Lipinski definition) is 3. The Hall–Kier alpha value is -2.98. The first kappa shape index (κ1) is 17.4. The van der Waals surface area contributed by atoms with Crippen molar-refractivity contribution >= 4 is 23.2 Å². The second-order valence-electron chi connectivity index (χ2n) is 6.25. The summed E-state index contributed by atoms with van der Waals surface area (Å²) in [5, 5.41) is 0.654.